The van der Waals surface area contributed by atoms with E-state index in [1.54, 1.807) is 13.8 Å². The molecule has 176 valence electrons. The molecule has 4 atom stereocenters. The molecule has 0 aliphatic carbocycles. The first-order chi connectivity index (χ1) is 14.3. The van der Waals surface area contributed by atoms with Crippen molar-refractivity contribution >= 4 is 48.1 Å². The number of aliphatic carboxylic acids is 1. The number of carboxylic acids is 1. The summed E-state index contributed by atoms with van der Waals surface area (Å²) in [5, 5.41) is 15.9. The summed E-state index contributed by atoms with van der Waals surface area (Å²) >= 11 is 3.96. The summed E-state index contributed by atoms with van der Waals surface area (Å²) in [6.07, 6.45) is -1.09. The van der Waals surface area contributed by atoms with Crippen LogP contribution in [0.4, 0.5) is 0 Å². The van der Waals surface area contributed by atoms with Gasteiger partial charge in [-0.25, -0.2) is 4.79 Å². The van der Waals surface area contributed by atoms with Crippen molar-refractivity contribution in [1.82, 2.24) is 16.0 Å². The first-order valence-electron chi connectivity index (χ1n) is 9.37. The van der Waals surface area contributed by atoms with Crippen LogP contribution in [0.5, 0.6) is 0 Å². The Morgan fingerprint density at radius 1 is 0.839 bits per heavy atom. The highest BCUT2D eigenvalue weighted by molar-refractivity contribution is 7.80. The van der Waals surface area contributed by atoms with Crippen LogP contribution >= 0.6 is 12.6 Å². The average Bonchev–Trinajstić information content (AvgIpc) is 2.66. The normalized spacial score (nSPS) is 14.6. The van der Waals surface area contributed by atoms with Gasteiger partial charge in [0.1, 0.15) is 18.1 Å². The fourth-order valence-electron chi connectivity index (χ4n) is 2.26. The van der Waals surface area contributed by atoms with Crippen LogP contribution in [-0.4, -0.2) is 70.5 Å². The van der Waals surface area contributed by atoms with Gasteiger partial charge in [-0.15, -0.1) is 0 Å². The summed E-state index contributed by atoms with van der Waals surface area (Å²) in [4.78, 5) is 70.5. The van der Waals surface area contributed by atoms with Crippen molar-refractivity contribution in [3.63, 3.8) is 0 Å². The summed E-state index contributed by atoms with van der Waals surface area (Å²) in [6.45, 7) is 3.37. The van der Waals surface area contributed by atoms with Crippen molar-refractivity contribution in [3.05, 3.63) is 0 Å². The molecule has 0 aliphatic heterocycles. The zero-order valence-corrected chi connectivity index (χ0v) is 18.2. The van der Waals surface area contributed by atoms with E-state index < -0.39 is 66.1 Å². The molecule has 10 N–H and O–H groups in total. The predicted octanol–water partition coefficient (Wildman–Crippen LogP) is -3.42. The van der Waals surface area contributed by atoms with E-state index in [9.17, 15) is 33.9 Å². The Morgan fingerprint density at radius 2 is 1.32 bits per heavy atom. The second-order valence-corrected chi connectivity index (χ2v) is 7.51. The molecule has 0 fully saturated rings. The quantitative estimate of drug-likeness (QED) is 0.121. The Bertz CT molecular complexity index is 702. The molecule has 31 heavy (non-hydrogen) atoms. The lowest BCUT2D eigenvalue weighted by molar-refractivity contribution is -0.142. The van der Waals surface area contributed by atoms with Crippen LogP contribution in [0.25, 0.3) is 0 Å². The molecule has 0 heterocycles. The smallest absolute Gasteiger partial charge is 0.326 e. The Labute approximate surface area is 184 Å². The van der Waals surface area contributed by atoms with E-state index in [4.69, 9.17) is 17.2 Å². The van der Waals surface area contributed by atoms with Crippen molar-refractivity contribution < 1.29 is 33.9 Å². The molecule has 4 unspecified atom stereocenters. The Kier molecular flexibility index (Phi) is 12.2. The second-order valence-electron chi connectivity index (χ2n) is 7.15. The number of carbonyl (C=O) groups excluding carboxylic acids is 5. The molecule has 0 bridgehead atoms. The van der Waals surface area contributed by atoms with Crippen LogP contribution < -0.4 is 33.2 Å². The van der Waals surface area contributed by atoms with Crippen LogP contribution in [0.15, 0.2) is 0 Å². The minimum atomic E-state index is -1.43. The van der Waals surface area contributed by atoms with Gasteiger partial charge in [0.2, 0.25) is 29.5 Å². The lowest BCUT2D eigenvalue weighted by Gasteiger charge is -2.24. The molecule has 0 saturated carbocycles. The molecule has 0 spiro atoms. The zero-order chi connectivity index (χ0) is 24.3. The first kappa shape index (κ1) is 28.1. The maximum absolute atomic E-state index is 12.5. The van der Waals surface area contributed by atoms with Crippen LogP contribution in [0.2, 0.25) is 0 Å². The van der Waals surface area contributed by atoms with Gasteiger partial charge in [0.05, 0.1) is 12.5 Å². The van der Waals surface area contributed by atoms with Crippen LogP contribution in [-0.2, 0) is 28.8 Å². The van der Waals surface area contributed by atoms with E-state index in [-0.39, 0.29) is 24.5 Å². The van der Waals surface area contributed by atoms with Gasteiger partial charge >= 0.3 is 5.97 Å². The van der Waals surface area contributed by atoms with E-state index in [0.29, 0.717) is 0 Å². The zero-order valence-electron chi connectivity index (χ0n) is 17.3. The minimum Gasteiger partial charge on any atom is -0.480 e. The Balaban J connectivity index is 5.26. The largest absolute Gasteiger partial charge is 0.480 e. The van der Waals surface area contributed by atoms with Crippen molar-refractivity contribution in [2.45, 2.75) is 57.3 Å². The number of primary amides is 2. The summed E-state index contributed by atoms with van der Waals surface area (Å²) in [6, 6.07) is -5.09. The molecular formula is C17H30N6O7S. The lowest BCUT2D eigenvalue weighted by atomic mass is 10.0. The molecule has 0 saturated heterocycles. The van der Waals surface area contributed by atoms with Crippen LogP contribution in [0.1, 0.15) is 33.1 Å². The van der Waals surface area contributed by atoms with E-state index in [0.717, 1.165) is 0 Å². The van der Waals surface area contributed by atoms with Gasteiger partial charge < -0.3 is 38.3 Å². The van der Waals surface area contributed by atoms with Gasteiger partial charge in [0, 0.05) is 12.2 Å². The molecule has 5 amide bonds. The highest BCUT2D eigenvalue weighted by atomic mass is 32.1. The number of thiol groups is 1. The number of amides is 5. The van der Waals surface area contributed by atoms with Gasteiger partial charge in [-0.3, -0.25) is 24.0 Å². The molecule has 0 rings (SSSR count). The Morgan fingerprint density at radius 3 is 1.74 bits per heavy atom. The second kappa shape index (κ2) is 13.4. The SMILES string of the molecule is CC(C)C(N)C(=O)NC(CC(N)=O)C(=O)NC(CS)C(=O)NC(CCC(N)=O)C(=O)O. The van der Waals surface area contributed by atoms with Gasteiger partial charge in [-0.1, -0.05) is 13.8 Å². The third kappa shape index (κ3) is 10.6. The molecule has 13 nitrogen and oxygen atoms in total. The topological polar surface area (TPSA) is 237 Å². The molecule has 14 heteroatoms. The molecule has 0 aromatic carbocycles. The number of rotatable bonds is 14. The lowest BCUT2D eigenvalue weighted by Crippen LogP contribution is -2.58. The maximum Gasteiger partial charge on any atom is 0.326 e. The van der Waals surface area contributed by atoms with Crippen molar-refractivity contribution in [1.29, 1.82) is 0 Å². The number of hydrogen-bond donors (Lipinski definition) is 8. The fourth-order valence-corrected chi connectivity index (χ4v) is 2.52. The van der Waals surface area contributed by atoms with E-state index in [1.165, 1.54) is 0 Å². The van der Waals surface area contributed by atoms with Crippen LogP contribution in [0, 0.1) is 5.92 Å². The molecule has 0 radical (unpaired) electrons. The summed E-state index contributed by atoms with van der Waals surface area (Å²) < 4.78 is 0. The highest BCUT2D eigenvalue weighted by Crippen LogP contribution is 2.03. The standard InChI is InChI=1S/C17H30N6O7S/c1-7(2)13(20)16(28)22-9(5-12(19)25)14(26)23-10(6-31)15(27)21-8(17(29)30)3-4-11(18)24/h7-10,13,31H,3-6,20H2,1-2H3,(H2,18,24)(H2,19,25)(H,21,27)(H,22,28)(H,23,26)(H,29,30). The number of hydrogen-bond acceptors (Lipinski definition) is 8. The van der Waals surface area contributed by atoms with Gasteiger partial charge in [-0.2, -0.15) is 12.6 Å². The maximum atomic E-state index is 12.5. The highest BCUT2D eigenvalue weighted by Gasteiger charge is 2.31. The molecule has 0 aromatic heterocycles. The molecule has 0 aromatic rings. The van der Waals surface area contributed by atoms with Crippen molar-refractivity contribution in [2.24, 2.45) is 23.1 Å². The first-order valence-corrected chi connectivity index (χ1v) is 10.00. The number of carboxylic acid groups (broad SMARTS) is 1. The molecule has 0 aliphatic rings. The average molecular weight is 463 g/mol. The van der Waals surface area contributed by atoms with Gasteiger partial charge in [-0.05, 0) is 12.3 Å². The van der Waals surface area contributed by atoms with Crippen molar-refractivity contribution in [2.75, 3.05) is 5.75 Å². The monoisotopic (exact) mass is 462 g/mol. The minimum absolute atomic E-state index is 0.234. The molecular weight excluding hydrogens is 432 g/mol. The number of nitrogens with two attached hydrogens (primary N) is 3. The number of carbonyl (C=O) groups is 6. The van der Waals surface area contributed by atoms with Crippen LogP contribution in [0.3, 0.4) is 0 Å². The van der Waals surface area contributed by atoms with E-state index >= 15 is 0 Å². The van der Waals surface area contributed by atoms with Crippen molar-refractivity contribution in [3.8, 4) is 0 Å². The Hall–Kier alpha value is -2.87. The summed E-state index contributed by atoms with van der Waals surface area (Å²) in [5.74, 6) is -6.03. The summed E-state index contributed by atoms with van der Waals surface area (Å²) in [5.41, 5.74) is 15.8. The predicted molar refractivity (Wildman–Crippen MR) is 112 cm³/mol. The third-order valence-corrected chi connectivity index (χ3v) is 4.53. The van der Waals surface area contributed by atoms with E-state index in [2.05, 4.69) is 28.6 Å². The van der Waals surface area contributed by atoms with Gasteiger partial charge in [0.15, 0.2) is 0 Å². The number of nitrogens with one attached hydrogen (secondary N) is 3. The summed E-state index contributed by atoms with van der Waals surface area (Å²) in [7, 11) is 0. The van der Waals surface area contributed by atoms with E-state index in [1.807, 2.05) is 0 Å². The fraction of sp³-hybridized carbons (Fsp3) is 0.647. The third-order valence-electron chi connectivity index (χ3n) is 4.17. The van der Waals surface area contributed by atoms with Gasteiger partial charge in [0.25, 0.3) is 0 Å².